The summed E-state index contributed by atoms with van der Waals surface area (Å²) in [6, 6.07) is 5.35. The highest BCUT2D eigenvalue weighted by atomic mass is 16.2. The van der Waals surface area contributed by atoms with Crippen molar-refractivity contribution in [2.24, 2.45) is 11.8 Å². The Morgan fingerprint density at radius 1 is 1.22 bits per heavy atom. The predicted molar refractivity (Wildman–Crippen MR) is 84.3 cm³/mol. The van der Waals surface area contributed by atoms with Crippen molar-refractivity contribution in [3.05, 3.63) is 36.0 Å². The van der Waals surface area contributed by atoms with Gasteiger partial charge in [0.05, 0.1) is 11.8 Å². The Balaban J connectivity index is 1.57. The molecular weight excluding hydrogens is 294 g/mol. The fourth-order valence-corrected chi connectivity index (χ4v) is 3.12. The van der Waals surface area contributed by atoms with Gasteiger partial charge in [-0.15, -0.1) is 0 Å². The quantitative estimate of drug-likeness (QED) is 0.677. The lowest BCUT2D eigenvalue weighted by atomic mass is 9.85. The highest BCUT2D eigenvalue weighted by Gasteiger charge is 2.46. The molecule has 2 heterocycles. The zero-order valence-electron chi connectivity index (χ0n) is 13.0. The van der Waals surface area contributed by atoms with Gasteiger partial charge in [-0.3, -0.25) is 19.3 Å². The number of carbonyl (C=O) groups is 3. The van der Waals surface area contributed by atoms with Gasteiger partial charge in [-0.05, 0) is 31.9 Å². The van der Waals surface area contributed by atoms with E-state index in [4.69, 9.17) is 0 Å². The van der Waals surface area contributed by atoms with Crippen LogP contribution in [-0.2, 0) is 14.4 Å². The summed E-state index contributed by atoms with van der Waals surface area (Å²) < 4.78 is 0. The number of hydrogen-bond acceptors (Lipinski definition) is 4. The molecule has 3 amide bonds. The van der Waals surface area contributed by atoms with Crippen molar-refractivity contribution >= 4 is 23.5 Å². The second-order valence-electron chi connectivity index (χ2n) is 5.95. The molecule has 0 aromatic carbocycles. The normalized spacial score (nSPS) is 23.1. The largest absolute Gasteiger partial charge is 0.311 e. The zero-order chi connectivity index (χ0) is 16.4. The number of hydrogen-bond donors (Lipinski definition) is 1. The Labute approximate surface area is 134 Å². The SMILES string of the molecule is Cc1cccc(NC(=O)CCN2C(=O)[C@H]3CC=CC[C@H]3C2=O)n1. The van der Waals surface area contributed by atoms with Crippen molar-refractivity contribution in [1.29, 1.82) is 0 Å². The van der Waals surface area contributed by atoms with Gasteiger partial charge in [0.25, 0.3) is 0 Å². The number of amides is 3. The van der Waals surface area contributed by atoms with Crippen LogP contribution in [0.2, 0.25) is 0 Å². The zero-order valence-corrected chi connectivity index (χ0v) is 13.0. The number of anilines is 1. The summed E-state index contributed by atoms with van der Waals surface area (Å²) in [5.41, 5.74) is 0.810. The monoisotopic (exact) mass is 313 g/mol. The number of imide groups is 1. The van der Waals surface area contributed by atoms with Gasteiger partial charge in [-0.2, -0.15) is 0 Å². The van der Waals surface area contributed by atoms with E-state index in [0.717, 1.165) is 5.69 Å². The number of nitrogens with zero attached hydrogens (tertiary/aromatic N) is 2. The van der Waals surface area contributed by atoms with E-state index in [-0.39, 0.29) is 42.5 Å². The molecular formula is C17H19N3O3. The molecule has 1 aromatic rings. The van der Waals surface area contributed by atoms with Crippen LogP contribution in [-0.4, -0.2) is 34.2 Å². The minimum absolute atomic E-state index is 0.0833. The summed E-state index contributed by atoms with van der Waals surface area (Å²) in [5.74, 6) is -0.552. The van der Waals surface area contributed by atoms with Gasteiger partial charge in [-0.25, -0.2) is 4.98 Å². The number of carbonyl (C=O) groups excluding carboxylic acids is 3. The molecule has 0 radical (unpaired) electrons. The average molecular weight is 313 g/mol. The van der Waals surface area contributed by atoms with E-state index in [2.05, 4.69) is 10.3 Å². The third-order valence-corrected chi connectivity index (χ3v) is 4.32. The maximum Gasteiger partial charge on any atom is 0.233 e. The van der Waals surface area contributed by atoms with E-state index in [0.29, 0.717) is 18.7 Å². The van der Waals surface area contributed by atoms with Crippen LogP contribution in [0.25, 0.3) is 0 Å². The van der Waals surface area contributed by atoms with E-state index in [1.807, 2.05) is 31.2 Å². The molecule has 2 atom stereocenters. The fraction of sp³-hybridized carbons (Fsp3) is 0.412. The molecule has 120 valence electrons. The Bertz CT molecular complexity index is 657. The maximum absolute atomic E-state index is 12.3. The molecule has 1 saturated heterocycles. The lowest BCUT2D eigenvalue weighted by Crippen LogP contribution is -2.34. The van der Waals surface area contributed by atoms with E-state index in [1.165, 1.54) is 4.90 Å². The summed E-state index contributed by atoms with van der Waals surface area (Å²) in [6.45, 7) is 1.97. The van der Waals surface area contributed by atoms with Crippen molar-refractivity contribution in [1.82, 2.24) is 9.88 Å². The lowest BCUT2D eigenvalue weighted by molar-refractivity contribution is -0.140. The van der Waals surface area contributed by atoms with Crippen LogP contribution < -0.4 is 5.32 Å². The Morgan fingerprint density at radius 3 is 2.48 bits per heavy atom. The molecule has 2 aliphatic rings. The van der Waals surface area contributed by atoms with Gasteiger partial charge in [0, 0.05) is 18.7 Å². The van der Waals surface area contributed by atoms with E-state index in [9.17, 15) is 14.4 Å². The van der Waals surface area contributed by atoms with Crippen LogP contribution in [0.15, 0.2) is 30.4 Å². The van der Waals surface area contributed by atoms with E-state index >= 15 is 0 Å². The van der Waals surface area contributed by atoms with Crippen LogP contribution in [0.3, 0.4) is 0 Å². The van der Waals surface area contributed by atoms with Crippen LogP contribution >= 0.6 is 0 Å². The Hall–Kier alpha value is -2.50. The van der Waals surface area contributed by atoms with Gasteiger partial charge in [0.1, 0.15) is 5.82 Å². The third kappa shape index (κ3) is 3.16. The van der Waals surface area contributed by atoms with Gasteiger partial charge in [0.15, 0.2) is 0 Å². The lowest BCUT2D eigenvalue weighted by Gasteiger charge is -2.14. The smallest absolute Gasteiger partial charge is 0.233 e. The van der Waals surface area contributed by atoms with Crippen LogP contribution in [0.4, 0.5) is 5.82 Å². The molecule has 1 aromatic heterocycles. The van der Waals surface area contributed by atoms with Crippen molar-refractivity contribution in [2.75, 3.05) is 11.9 Å². The highest BCUT2D eigenvalue weighted by molar-refractivity contribution is 6.05. The molecule has 1 aliphatic heterocycles. The number of pyridine rings is 1. The molecule has 0 unspecified atom stereocenters. The highest BCUT2D eigenvalue weighted by Crippen LogP contribution is 2.34. The van der Waals surface area contributed by atoms with Crippen LogP contribution in [0.5, 0.6) is 0 Å². The molecule has 1 aliphatic carbocycles. The first kappa shape index (κ1) is 15.4. The topological polar surface area (TPSA) is 79.4 Å². The van der Waals surface area contributed by atoms with Gasteiger partial charge >= 0.3 is 0 Å². The third-order valence-electron chi connectivity index (χ3n) is 4.32. The summed E-state index contributed by atoms with van der Waals surface area (Å²) in [7, 11) is 0. The van der Waals surface area contributed by atoms with Gasteiger partial charge in [0.2, 0.25) is 17.7 Å². The first-order chi connectivity index (χ1) is 11.1. The van der Waals surface area contributed by atoms with Crippen molar-refractivity contribution < 1.29 is 14.4 Å². The van der Waals surface area contributed by atoms with Gasteiger partial charge in [-0.1, -0.05) is 18.2 Å². The standard InChI is InChI=1S/C17H19N3O3/c1-11-5-4-8-14(18-11)19-15(21)9-10-20-16(22)12-6-2-3-7-13(12)17(20)23/h2-5,8,12-13H,6-7,9-10H2,1H3,(H,18,19,21)/t12-,13+. The fourth-order valence-electron chi connectivity index (χ4n) is 3.12. The van der Waals surface area contributed by atoms with Crippen LogP contribution in [0, 0.1) is 18.8 Å². The van der Waals surface area contributed by atoms with Crippen molar-refractivity contribution in [3.8, 4) is 0 Å². The molecule has 0 bridgehead atoms. The van der Waals surface area contributed by atoms with Crippen molar-refractivity contribution in [3.63, 3.8) is 0 Å². The second kappa shape index (κ2) is 6.32. The van der Waals surface area contributed by atoms with Crippen LogP contribution in [0.1, 0.15) is 25.0 Å². The second-order valence-corrected chi connectivity index (χ2v) is 5.95. The molecule has 6 heteroatoms. The molecule has 1 fully saturated rings. The summed E-state index contributed by atoms with van der Waals surface area (Å²) >= 11 is 0. The summed E-state index contributed by atoms with van der Waals surface area (Å²) in [6.07, 6.45) is 5.22. The molecule has 23 heavy (non-hydrogen) atoms. The molecule has 0 spiro atoms. The minimum atomic E-state index is -0.253. The minimum Gasteiger partial charge on any atom is -0.311 e. The first-order valence-corrected chi connectivity index (χ1v) is 7.80. The molecule has 0 saturated carbocycles. The number of aromatic nitrogens is 1. The number of fused-ring (bicyclic) bond motifs is 1. The van der Waals surface area contributed by atoms with Gasteiger partial charge < -0.3 is 5.32 Å². The number of likely N-dealkylation sites (tertiary alicyclic amines) is 1. The van der Waals surface area contributed by atoms with Crippen molar-refractivity contribution in [2.45, 2.75) is 26.2 Å². The van der Waals surface area contributed by atoms with E-state index in [1.54, 1.807) is 6.07 Å². The molecule has 6 nitrogen and oxygen atoms in total. The predicted octanol–water partition coefficient (Wildman–Crippen LogP) is 1.67. The Morgan fingerprint density at radius 2 is 1.87 bits per heavy atom. The number of rotatable bonds is 4. The number of aryl methyl sites for hydroxylation is 1. The Kier molecular flexibility index (Phi) is 4.23. The number of nitrogens with one attached hydrogen (secondary N) is 1. The summed E-state index contributed by atoms with van der Waals surface area (Å²) in [5, 5.41) is 2.69. The van der Waals surface area contributed by atoms with E-state index < -0.39 is 0 Å². The first-order valence-electron chi connectivity index (χ1n) is 7.80. The average Bonchev–Trinajstić information content (AvgIpc) is 2.77. The summed E-state index contributed by atoms with van der Waals surface area (Å²) in [4.78, 5) is 42.0. The maximum atomic E-state index is 12.3. The molecule has 3 rings (SSSR count). The number of allylic oxidation sites excluding steroid dienone is 2. The molecule has 1 N–H and O–H groups in total.